The largest absolute Gasteiger partial charge is 0.490 e. The highest BCUT2D eigenvalue weighted by molar-refractivity contribution is 6.32. The Morgan fingerprint density at radius 1 is 1.10 bits per heavy atom. The van der Waals surface area contributed by atoms with Crippen LogP contribution in [-0.2, 0) is 17.6 Å². The second-order valence-electron chi connectivity index (χ2n) is 8.20. The summed E-state index contributed by atoms with van der Waals surface area (Å²) in [5.41, 5.74) is 4.19. The minimum Gasteiger partial charge on any atom is -0.490 e. The summed E-state index contributed by atoms with van der Waals surface area (Å²) in [5, 5.41) is 3.88. The number of nitrogens with zero attached hydrogens (tertiary/aromatic N) is 1. The molecule has 0 spiro atoms. The van der Waals surface area contributed by atoms with Gasteiger partial charge in [0.15, 0.2) is 11.5 Å². The molecule has 2 aliphatic rings. The molecule has 31 heavy (non-hydrogen) atoms. The van der Waals surface area contributed by atoms with Crippen LogP contribution in [0.15, 0.2) is 30.3 Å². The fourth-order valence-electron chi connectivity index (χ4n) is 4.61. The normalized spacial score (nSPS) is 18.6. The molecule has 6 heteroatoms. The van der Waals surface area contributed by atoms with Crippen molar-refractivity contribution in [1.82, 2.24) is 4.90 Å². The van der Waals surface area contributed by atoms with Crippen molar-refractivity contribution in [2.24, 2.45) is 0 Å². The zero-order valence-corrected chi connectivity index (χ0v) is 19.1. The first-order chi connectivity index (χ1) is 15.1. The van der Waals surface area contributed by atoms with Crippen LogP contribution in [0, 0.1) is 0 Å². The number of hydrogen-bond acceptors (Lipinski definition) is 4. The van der Waals surface area contributed by atoms with Crippen molar-refractivity contribution in [2.75, 3.05) is 31.6 Å². The number of anilines is 1. The average Bonchev–Trinajstić information content (AvgIpc) is 3.09. The van der Waals surface area contributed by atoms with Gasteiger partial charge in [0.05, 0.1) is 19.8 Å². The zero-order valence-electron chi connectivity index (χ0n) is 18.4. The van der Waals surface area contributed by atoms with Gasteiger partial charge in [-0.2, -0.15) is 0 Å². The first-order valence-electron chi connectivity index (χ1n) is 11.3. The van der Waals surface area contributed by atoms with Gasteiger partial charge in [0.1, 0.15) is 0 Å². The van der Waals surface area contributed by atoms with E-state index in [2.05, 4.69) is 36.2 Å². The van der Waals surface area contributed by atoms with Crippen LogP contribution in [0.1, 0.15) is 55.8 Å². The van der Waals surface area contributed by atoms with Crippen molar-refractivity contribution >= 4 is 23.2 Å². The molecular weight excluding hydrogens is 412 g/mol. The minimum atomic E-state index is 0.00732. The molecule has 1 N–H and O–H groups in total. The molecule has 2 heterocycles. The lowest BCUT2D eigenvalue weighted by Gasteiger charge is -2.25. The molecule has 0 unspecified atom stereocenters. The number of benzene rings is 2. The van der Waals surface area contributed by atoms with Gasteiger partial charge in [-0.05, 0) is 67.1 Å². The molecule has 0 aliphatic carbocycles. The predicted octanol–water partition coefficient (Wildman–Crippen LogP) is 5.40. The van der Waals surface area contributed by atoms with E-state index in [-0.39, 0.29) is 11.9 Å². The molecule has 1 fully saturated rings. The Bertz CT molecular complexity index is 947. The Morgan fingerprint density at radius 2 is 1.90 bits per heavy atom. The SMILES string of the molecule is CCc1ccc(Cl)c(CC)c1NC(=O)CN1CCC[C@H]1c1ccc2c(c1)OCCCO2. The molecule has 4 rings (SSSR count). The lowest BCUT2D eigenvalue weighted by molar-refractivity contribution is -0.117. The molecule has 2 aromatic rings. The van der Waals surface area contributed by atoms with Gasteiger partial charge >= 0.3 is 0 Å². The van der Waals surface area contributed by atoms with Crippen molar-refractivity contribution in [2.45, 2.75) is 52.0 Å². The van der Waals surface area contributed by atoms with Crippen LogP contribution >= 0.6 is 11.6 Å². The van der Waals surface area contributed by atoms with Crippen molar-refractivity contribution < 1.29 is 14.3 Å². The molecule has 5 nitrogen and oxygen atoms in total. The van der Waals surface area contributed by atoms with Crippen molar-refractivity contribution in [3.8, 4) is 11.5 Å². The highest BCUT2D eigenvalue weighted by atomic mass is 35.5. The van der Waals surface area contributed by atoms with Crippen LogP contribution in [0.4, 0.5) is 5.69 Å². The number of halogens is 1. The third-order valence-corrected chi connectivity index (χ3v) is 6.56. The van der Waals surface area contributed by atoms with Crippen LogP contribution in [0.25, 0.3) is 0 Å². The van der Waals surface area contributed by atoms with E-state index in [0.717, 1.165) is 67.0 Å². The maximum absolute atomic E-state index is 13.0. The summed E-state index contributed by atoms with van der Waals surface area (Å²) in [6.45, 7) is 6.79. The van der Waals surface area contributed by atoms with Gasteiger partial charge in [0, 0.05) is 23.2 Å². The number of carbonyl (C=O) groups is 1. The van der Waals surface area contributed by atoms with Crippen molar-refractivity contribution in [3.05, 3.63) is 52.0 Å². The van der Waals surface area contributed by atoms with Crippen molar-refractivity contribution in [1.29, 1.82) is 0 Å². The van der Waals surface area contributed by atoms with E-state index in [1.165, 1.54) is 5.56 Å². The Hall–Kier alpha value is -2.24. The van der Waals surface area contributed by atoms with E-state index in [9.17, 15) is 4.79 Å². The maximum atomic E-state index is 13.0. The van der Waals surface area contributed by atoms with Gasteiger partial charge in [-0.1, -0.05) is 37.6 Å². The van der Waals surface area contributed by atoms with E-state index in [1.807, 2.05) is 18.2 Å². The number of hydrogen-bond donors (Lipinski definition) is 1. The van der Waals surface area contributed by atoms with Gasteiger partial charge < -0.3 is 14.8 Å². The highest BCUT2D eigenvalue weighted by Gasteiger charge is 2.29. The summed E-state index contributed by atoms with van der Waals surface area (Å²) in [5.74, 6) is 1.63. The number of nitrogens with one attached hydrogen (secondary N) is 1. The molecule has 0 aromatic heterocycles. The van der Waals surface area contributed by atoms with Gasteiger partial charge in [-0.25, -0.2) is 0 Å². The monoisotopic (exact) mass is 442 g/mol. The Morgan fingerprint density at radius 3 is 2.68 bits per heavy atom. The van der Waals surface area contributed by atoms with Crippen LogP contribution in [-0.4, -0.2) is 37.1 Å². The van der Waals surface area contributed by atoms with Gasteiger partial charge in [0.2, 0.25) is 5.91 Å². The summed E-state index contributed by atoms with van der Waals surface area (Å²) in [6, 6.07) is 10.3. The summed E-state index contributed by atoms with van der Waals surface area (Å²) < 4.78 is 11.6. The molecule has 2 aliphatic heterocycles. The summed E-state index contributed by atoms with van der Waals surface area (Å²) in [6.07, 6.45) is 4.63. The van der Waals surface area contributed by atoms with E-state index in [4.69, 9.17) is 21.1 Å². The smallest absolute Gasteiger partial charge is 0.238 e. The molecule has 2 aromatic carbocycles. The Kier molecular flexibility index (Phi) is 7.03. The van der Waals surface area contributed by atoms with E-state index >= 15 is 0 Å². The third kappa shape index (κ3) is 4.83. The minimum absolute atomic E-state index is 0.00732. The highest BCUT2D eigenvalue weighted by Crippen LogP contribution is 2.38. The lowest BCUT2D eigenvalue weighted by atomic mass is 10.0. The molecule has 166 valence electrons. The summed E-state index contributed by atoms with van der Waals surface area (Å²) in [7, 11) is 0. The maximum Gasteiger partial charge on any atom is 0.238 e. The molecule has 0 saturated carbocycles. The van der Waals surface area contributed by atoms with E-state index in [1.54, 1.807) is 0 Å². The van der Waals surface area contributed by atoms with Gasteiger partial charge in [-0.15, -0.1) is 0 Å². The number of ether oxygens (including phenoxy) is 2. The Balaban J connectivity index is 1.49. The number of likely N-dealkylation sites (tertiary alicyclic amines) is 1. The van der Waals surface area contributed by atoms with Crippen LogP contribution in [0.3, 0.4) is 0 Å². The second-order valence-corrected chi connectivity index (χ2v) is 8.61. The number of carbonyl (C=O) groups excluding carboxylic acids is 1. The molecular formula is C25H31ClN2O3. The predicted molar refractivity (Wildman–Crippen MR) is 124 cm³/mol. The van der Waals surface area contributed by atoms with Gasteiger partial charge in [0.25, 0.3) is 0 Å². The van der Waals surface area contributed by atoms with Crippen LogP contribution in [0.2, 0.25) is 5.02 Å². The number of fused-ring (bicyclic) bond motifs is 1. The lowest BCUT2D eigenvalue weighted by Crippen LogP contribution is -2.33. The topological polar surface area (TPSA) is 50.8 Å². The Labute approximate surface area is 189 Å². The fraction of sp³-hybridized carbons (Fsp3) is 0.480. The second kappa shape index (κ2) is 9.92. The van der Waals surface area contributed by atoms with E-state index < -0.39 is 0 Å². The van der Waals surface area contributed by atoms with Crippen LogP contribution < -0.4 is 14.8 Å². The van der Waals surface area contributed by atoms with E-state index in [0.29, 0.717) is 24.8 Å². The summed E-state index contributed by atoms with van der Waals surface area (Å²) in [4.78, 5) is 15.3. The number of amides is 1. The third-order valence-electron chi connectivity index (χ3n) is 6.21. The molecule has 1 saturated heterocycles. The molecule has 0 radical (unpaired) electrons. The van der Waals surface area contributed by atoms with Crippen molar-refractivity contribution in [3.63, 3.8) is 0 Å². The number of rotatable bonds is 6. The standard InChI is InChI=1S/C25H31ClN2O3/c1-3-17-8-10-20(26)19(4-2)25(17)27-24(29)16-28-12-5-7-21(28)18-9-11-22-23(15-18)31-14-6-13-30-22/h8-11,15,21H,3-7,12-14,16H2,1-2H3,(H,27,29)/t21-/m0/s1. The molecule has 1 atom stereocenters. The molecule has 0 bridgehead atoms. The summed E-state index contributed by atoms with van der Waals surface area (Å²) >= 11 is 6.40. The number of aryl methyl sites for hydroxylation is 1. The first-order valence-corrected chi connectivity index (χ1v) is 11.7. The first kappa shape index (κ1) is 22.0. The fourth-order valence-corrected chi connectivity index (χ4v) is 4.90. The molecule has 1 amide bonds. The van der Waals surface area contributed by atoms with Crippen LogP contribution in [0.5, 0.6) is 11.5 Å². The zero-order chi connectivity index (χ0) is 21.8. The quantitative estimate of drug-likeness (QED) is 0.650. The van der Waals surface area contributed by atoms with Gasteiger partial charge in [-0.3, -0.25) is 9.69 Å². The average molecular weight is 443 g/mol.